The number of aryl methyl sites for hydroxylation is 1. The number of nitrogens with one attached hydrogen (secondary N) is 1. The lowest BCUT2D eigenvalue weighted by atomic mass is 10.1. The van der Waals surface area contributed by atoms with Gasteiger partial charge in [-0.25, -0.2) is 9.69 Å². The van der Waals surface area contributed by atoms with Gasteiger partial charge in [0.1, 0.15) is 17.9 Å². The molecule has 8 heteroatoms. The van der Waals surface area contributed by atoms with Crippen LogP contribution in [0.15, 0.2) is 72.3 Å². The first-order chi connectivity index (χ1) is 15.8. The highest BCUT2D eigenvalue weighted by atomic mass is 35.5. The largest absolute Gasteiger partial charge is 0.488 e. The predicted molar refractivity (Wildman–Crippen MR) is 127 cm³/mol. The molecule has 1 heterocycles. The zero-order chi connectivity index (χ0) is 23.5. The second-order valence-corrected chi connectivity index (χ2v) is 8.27. The van der Waals surface area contributed by atoms with Crippen molar-refractivity contribution in [3.8, 4) is 5.75 Å². The average molecular weight is 481 g/mol. The van der Waals surface area contributed by atoms with Crippen molar-refractivity contribution in [3.63, 3.8) is 0 Å². The number of carbonyl (C=O) groups excluding carboxylic acids is 3. The lowest BCUT2D eigenvalue weighted by Gasteiger charge is -2.26. The highest BCUT2D eigenvalue weighted by Gasteiger charge is 2.37. The third-order valence-electron chi connectivity index (χ3n) is 4.94. The van der Waals surface area contributed by atoms with Crippen molar-refractivity contribution >= 4 is 52.8 Å². The molecule has 0 aliphatic carbocycles. The van der Waals surface area contributed by atoms with Crippen LogP contribution in [0.4, 0.5) is 10.5 Å². The van der Waals surface area contributed by atoms with Crippen LogP contribution in [0.3, 0.4) is 0 Å². The normalized spacial score (nSPS) is 15.1. The summed E-state index contributed by atoms with van der Waals surface area (Å²) in [6.07, 6.45) is 1.37. The molecule has 1 saturated heterocycles. The molecular formula is C25H18Cl2N2O4. The van der Waals surface area contributed by atoms with E-state index in [0.717, 1.165) is 16.0 Å². The van der Waals surface area contributed by atoms with E-state index < -0.39 is 17.8 Å². The molecule has 0 unspecified atom stereocenters. The molecule has 33 heavy (non-hydrogen) atoms. The van der Waals surface area contributed by atoms with Crippen LogP contribution in [0.2, 0.25) is 10.0 Å². The third kappa shape index (κ3) is 5.08. The van der Waals surface area contributed by atoms with E-state index in [1.54, 1.807) is 48.5 Å². The lowest BCUT2D eigenvalue weighted by molar-refractivity contribution is -0.122. The summed E-state index contributed by atoms with van der Waals surface area (Å²) < 4.78 is 5.91. The predicted octanol–water partition coefficient (Wildman–Crippen LogP) is 5.55. The van der Waals surface area contributed by atoms with Crippen molar-refractivity contribution in [1.29, 1.82) is 0 Å². The summed E-state index contributed by atoms with van der Waals surface area (Å²) in [4.78, 5) is 39.0. The number of barbiturate groups is 1. The molecule has 166 valence electrons. The van der Waals surface area contributed by atoms with E-state index in [9.17, 15) is 14.4 Å². The number of amides is 4. The molecule has 0 spiro atoms. The van der Waals surface area contributed by atoms with Crippen LogP contribution in [-0.4, -0.2) is 17.8 Å². The standard InChI is InChI=1S/C25H18Cl2N2O4/c1-15-3-2-4-20(11-15)29-24(31)21(23(30)28-25(29)32)13-17-12-19(27)9-10-22(17)33-14-16-5-7-18(26)8-6-16/h2-13H,14H2,1H3,(H,28,30,32)/b21-13+. The molecule has 0 bridgehead atoms. The summed E-state index contributed by atoms with van der Waals surface area (Å²) in [5.41, 5.74) is 2.32. The van der Waals surface area contributed by atoms with Crippen molar-refractivity contribution in [3.05, 3.63) is 99.0 Å². The van der Waals surface area contributed by atoms with E-state index in [-0.39, 0.29) is 12.2 Å². The van der Waals surface area contributed by atoms with E-state index in [4.69, 9.17) is 27.9 Å². The van der Waals surface area contributed by atoms with Gasteiger partial charge in [0.15, 0.2) is 0 Å². The molecule has 0 saturated carbocycles. The van der Waals surface area contributed by atoms with Crippen LogP contribution in [0.5, 0.6) is 5.75 Å². The van der Waals surface area contributed by atoms with Crippen molar-refractivity contribution in [2.45, 2.75) is 13.5 Å². The van der Waals surface area contributed by atoms with Gasteiger partial charge >= 0.3 is 6.03 Å². The molecular weight excluding hydrogens is 463 g/mol. The van der Waals surface area contributed by atoms with Gasteiger partial charge in [-0.05, 0) is 66.6 Å². The number of hydrogen-bond acceptors (Lipinski definition) is 4. The van der Waals surface area contributed by atoms with Crippen LogP contribution in [0, 0.1) is 6.92 Å². The topological polar surface area (TPSA) is 75.7 Å². The van der Waals surface area contributed by atoms with Gasteiger partial charge in [-0.2, -0.15) is 0 Å². The first-order valence-corrected chi connectivity index (χ1v) is 10.7. The van der Waals surface area contributed by atoms with Gasteiger partial charge in [0.25, 0.3) is 11.8 Å². The van der Waals surface area contributed by atoms with Gasteiger partial charge in [0.2, 0.25) is 0 Å². The summed E-state index contributed by atoms with van der Waals surface area (Å²) >= 11 is 12.1. The summed E-state index contributed by atoms with van der Waals surface area (Å²) in [6.45, 7) is 2.08. The Morgan fingerprint density at radius 3 is 2.39 bits per heavy atom. The molecule has 0 atom stereocenters. The minimum atomic E-state index is -0.807. The molecule has 1 N–H and O–H groups in total. The Bertz CT molecular complexity index is 1290. The molecule has 3 aromatic carbocycles. The fourth-order valence-corrected chi connectivity index (χ4v) is 3.63. The van der Waals surface area contributed by atoms with Gasteiger partial charge in [-0.1, -0.05) is 47.5 Å². The number of ether oxygens (including phenoxy) is 1. The van der Waals surface area contributed by atoms with Gasteiger partial charge in [-0.15, -0.1) is 0 Å². The fourth-order valence-electron chi connectivity index (χ4n) is 3.32. The van der Waals surface area contributed by atoms with Gasteiger partial charge in [0, 0.05) is 15.6 Å². The fraction of sp³-hybridized carbons (Fsp3) is 0.0800. The monoisotopic (exact) mass is 480 g/mol. The number of halogens is 2. The Hall–Kier alpha value is -3.61. The van der Waals surface area contributed by atoms with Crippen LogP contribution >= 0.6 is 23.2 Å². The Morgan fingerprint density at radius 1 is 0.939 bits per heavy atom. The minimum Gasteiger partial charge on any atom is -0.488 e. The number of rotatable bonds is 5. The first kappa shape index (κ1) is 22.6. The Balaban J connectivity index is 1.67. The van der Waals surface area contributed by atoms with Gasteiger partial charge in [0.05, 0.1) is 5.69 Å². The second kappa shape index (κ2) is 9.48. The van der Waals surface area contributed by atoms with Gasteiger partial charge in [-0.3, -0.25) is 14.9 Å². The Morgan fingerprint density at radius 2 is 1.67 bits per heavy atom. The maximum atomic E-state index is 13.2. The summed E-state index contributed by atoms with van der Waals surface area (Å²) in [7, 11) is 0. The summed E-state index contributed by atoms with van der Waals surface area (Å²) in [5.74, 6) is -1.11. The SMILES string of the molecule is Cc1cccc(N2C(=O)NC(=O)/C(=C\c3cc(Cl)ccc3OCc3ccc(Cl)cc3)C2=O)c1. The maximum absolute atomic E-state index is 13.2. The van der Waals surface area contributed by atoms with E-state index in [1.807, 2.05) is 25.1 Å². The molecule has 3 aromatic rings. The molecule has 1 aliphatic heterocycles. The molecule has 1 fully saturated rings. The smallest absolute Gasteiger partial charge is 0.335 e. The number of imide groups is 2. The van der Waals surface area contributed by atoms with Crippen molar-refractivity contribution in [1.82, 2.24) is 5.32 Å². The molecule has 0 aromatic heterocycles. The quantitative estimate of drug-likeness (QED) is 0.383. The second-order valence-electron chi connectivity index (χ2n) is 7.39. The number of benzene rings is 3. The first-order valence-electron chi connectivity index (χ1n) is 9.97. The van der Waals surface area contributed by atoms with Crippen LogP contribution in [0.25, 0.3) is 6.08 Å². The zero-order valence-corrected chi connectivity index (χ0v) is 19.0. The average Bonchev–Trinajstić information content (AvgIpc) is 2.77. The zero-order valence-electron chi connectivity index (χ0n) is 17.5. The molecule has 0 radical (unpaired) electrons. The molecule has 4 rings (SSSR count). The third-order valence-corrected chi connectivity index (χ3v) is 5.43. The lowest BCUT2D eigenvalue weighted by Crippen LogP contribution is -2.54. The Kier molecular flexibility index (Phi) is 6.49. The number of nitrogens with zero attached hydrogens (tertiary/aromatic N) is 1. The maximum Gasteiger partial charge on any atom is 0.335 e. The van der Waals surface area contributed by atoms with Crippen molar-refractivity contribution in [2.75, 3.05) is 4.90 Å². The Labute approximate surface area is 200 Å². The molecule has 6 nitrogen and oxygen atoms in total. The van der Waals surface area contributed by atoms with E-state index >= 15 is 0 Å². The minimum absolute atomic E-state index is 0.213. The molecule has 1 aliphatic rings. The van der Waals surface area contributed by atoms with E-state index in [1.165, 1.54) is 6.08 Å². The highest BCUT2D eigenvalue weighted by molar-refractivity contribution is 6.39. The summed E-state index contributed by atoms with van der Waals surface area (Å²) in [6, 6.07) is 18.1. The number of anilines is 1. The van der Waals surface area contributed by atoms with Crippen LogP contribution in [0.1, 0.15) is 16.7 Å². The highest BCUT2D eigenvalue weighted by Crippen LogP contribution is 2.29. The van der Waals surface area contributed by atoms with E-state index in [0.29, 0.717) is 27.0 Å². The molecule has 4 amide bonds. The van der Waals surface area contributed by atoms with Crippen molar-refractivity contribution in [2.24, 2.45) is 0 Å². The number of carbonyl (C=O) groups is 3. The van der Waals surface area contributed by atoms with Gasteiger partial charge < -0.3 is 4.74 Å². The number of hydrogen-bond donors (Lipinski definition) is 1. The van der Waals surface area contributed by atoms with E-state index in [2.05, 4.69) is 5.32 Å². The van der Waals surface area contributed by atoms with Crippen LogP contribution < -0.4 is 15.0 Å². The van der Waals surface area contributed by atoms with Crippen molar-refractivity contribution < 1.29 is 19.1 Å². The summed E-state index contributed by atoms with van der Waals surface area (Å²) in [5, 5.41) is 3.23. The number of urea groups is 1. The van der Waals surface area contributed by atoms with Crippen LogP contribution in [-0.2, 0) is 16.2 Å².